The SMILES string of the molecule is CC(C)(C)c1c[c-]c2c(c1)-c1cc(C(C)(C)C)ccc1C2.CC(C)[Si](=[Zr+2])C(C)C.[Cl-].[Cl-].c1cc[cH-]c1. The van der Waals surface area contributed by atoms with Gasteiger partial charge in [-0.3, -0.25) is 0 Å². The zero-order valence-electron chi connectivity index (χ0n) is 23.9. The molecule has 0 heterocycles. The van der Waals surface area contributed by atoms with Crippen LogP contribution in [0.5, 0.6) is 0 Å². The number of hydrogen-bond donors (Lipinski definition) is 0. The van der Waals surface area contributed by atoms with Crippen molar-refractivity contribution in [1.29, 1.82) is 0 Å². The summed E-state index contributed by atoms with van der Waals surface area (Å²) in [6.07, 6.45) is 1.03. The number of benzene rings is 2. The van der Waals surface area contributed by atoms with E-state index in [-0.39, 0.29) is 41.1 Å². The van der Waals surface area contributed by atoms with Crippen LogP contribution >= 0.6 is 0 Å². The molecule has 1 aliphatic carbocycles. The maximum atomic E-state index is 3.53. The number of halogens is 2. The van der Waals surface area contributed by atoms with E-state index in [0.29, 0.717) is 0 Å². The Hall–Kier alpha value is -0.530. The normalized spacial score (nSPS) is 11.7. The third-order valence-corrected chi connectivity index (χ3v) is 17.3. The Kier molecular flexibility index (Phi) is 14.9. The fraction of sp³-hybridized carbons (Fsp3) is 0.469. The van der Waals surface area contributed by atoms with Crippen LogP contribution in [0.25, 0.3) is 11.1 Å². The molecule has 4 heteroatoms. The van der Waals surface area contributed by atoms with Gasteiger partial charge in [0.2, 0.25) is 0 Å². The predicted molar refractivity (Wildman–Crippen MR) is 149 cm³/mol. The van der Waals surface area contributed by atoms with Crippen LogP contribution in [0.4, 0.5) is 0 Å². The van der Waals surface area contributed by atoms with Gasteiger partial charge in [0.15, 0.2) is 0 Å². The molecule has 0 radical (unpaired) electrons. The van der Waals surface area contributed by atoms with Crippen LogP contribution in [0.2, 0.25) is 11.1 Å². The smallest absolute Gasteiger partial charge is 0.172 e. The molecule has 0 spiro atoms. The molecule has 4 rings (SSSR count). The summed E-state index contributed by atoms with van der Waals surface area (Å²) in [6.45, 7) is 23.0. The molecule has 0 saturated heterocycles. The van der Waals surface area contributed by atoms with Crippen LogP contribution in [0.1, 0.15) is 91.5 Å². The number of hydrogen-bond acceptors (Lipinski definition) is 0. The van der Waals surface area contributed by atoms with Gasteiger partial charge < -0.3 is 24.8 Å². The zero-order valence-corrected chi connectivity index (χ0v) is 28.9. The van der Waals surface area contributed by atoms with Gasteiger partial charge in [-0.25, -0.2) is 12.1 Å². The van der Waals surface area contributed by atoms with Crippen LogP contribution in [-0.4, -0.2) is 5.43 Å². The Bertz CT molecular complexity index is 980. The first-order valence-corrected chi connectivity index (χ1v) is 18.0. The van der Waals surface area contributed by atoms with E-state index in [4.69, 9.17) is 0 Å². The predicted octanol–water partition coefficient (Wildman–Crippen LogP) is 3.41. The summed E-state index contributed by atoms with van der Waals surface area (Å²) in [5.74, 6) is 0. The van der Waals surface area contributed by atoms with Crippen molar-refractivity contribution in [3.05, 3.63) is 89.0 Å². The van der Waals surface area contributed by atoms with E-state index < -0.39 is 0 Å². The Morgan fingerprint density at radius 2 is 1.31 bits per heavy atom. The Balaban J connectivity index is 0.000000681. The molecule has 0 nitrogen and oxygen atoms in total. The van der Waals surface area contributed by atoms with Crippen LogP contribution in [-0.2, 0) is 40.6 Å². The van der Waals surface area contributed by atoms with E-state index in [0.717, 1.165) is 17.5 Å². The van der Waals surface area contributed by atoms with Gasteiger partial charge in [0.05, 0.1) is 0 Å². The average molecular weight is 619 g/mol. The topological polar surface area (TPSA) is 0 Å². The summed E-state index contributed by atoms with van der Waals surface area (Å²) in [5.41, 5.74) is 10.8. The summed E-state index contributed by atoms with van der Waals surface area (Å²) in [5, 5.41) is 0. The second-order valence-corrected chi connectivity index (χ2v) is 19.5. The fourth-order valence-electron chi connectivity index (χ4n) is 3.97. The van der Waals surface area contributed by atoms with Gasteiger partial charge in [0.25, 0.3) is 0 Å². The van der Waals surface area contributed by atoms with Gasteiger partial charge in [-0.1, -0.05) is 76.3 Å². The van der Waals surface area contributed by atoms with Gasteiger partial charge in [0, 0.05) is 0 Å². The van der Waals surface area contributed by atoms with Crippen molar-refractivity contribution in [1.82, 2.24) is 0 Å². The van der Waals surface area contributed by atoms with Gasteiger partial charge in [0.1, 0.15) is 0 Å². The molecule has 0 bridgehead atoms. The summed E-state index contributed by atoms with van der Waals surface area (Å²) in [6, 6.07) is 25.1. The second-order valence-electron chi connectivity index (χ2n) is 12.1. The molecular formula is C32H44Cl2SiZr-2. The summed E-state index contributed by atoms with van der Waals surface area (Å²) in [4.78, 5) is 0. The van der Waals surface area contributed by atoms with Crippen LogP contribution in [0, 0.1) is 6.07 Å². The molecule has 3 aromatic carbocycles. The molecule has 0 unspecified atom stereocenters. The minimum atomic E-state index is 0. The van der Waals surface area contributed by atoms with Crippen LogP contribution in [0.3, 0.4) is 0 Å². The van der Waals surface area contributed by atoms with Gasteiger partial charge in [-0.05, 0) is 17.4 Å². The van der Waals surface area contributed by atoms with Crippen molar-refractivity contribution in [2.75, 3.05) is 0 Å². The average Bonchev–Trinajstić information content (AvgIpc) is 3.42. The molecule has 0 amide bonds. The largest absolute Gasteiger partial charge is 1.00 e. The van der Waals surface area contributed by atoms with Gasteiger partial charge in [-0.15, -0.1) is 5.56 Å². The van der Waals surface area contributed by atoms with Crippen LogP contribution in [0.15, 0.2) is 60.7 Å². The van der Waals surface area contributed by atoms with Crippen molar-refractivity contribution in [2.45, 2.75) is 97.6 Å². The Labute approximate surface area is 249 Å². The molecular weight excluding hydrogens is 575 g/mol. The molecule has 0 N–H and O–H groups in total. The maximum Gasteiger partial charge on any atom is -0.172 e. The van der Waals surface area contributed by atoms with Gasteiger partial charge in [-0.2, -0.15) is 47.5 Å². The van der Waals surface area contributed by atoms with E-state index in [1.54, 1.807) is 23.3 Å². The number of fused-ring (bicyclic) bond motifs is 3. The third-order valence-electron chi connectivity index (χ3n) is 6.33. The standard InChI is InChI=1S/C21H25.C6H14Si.C5H5.2ClH.Zr/c1-20(2,3)16-9-7-14-11-15-8-10-17(21(4,5)6)13-19(15)18(14)12-16;1-5(2)7-6(3)4;1-2-4-5-3-1;;;/h7,9-10,12-13H,11H2,1-6H3;5-6H,1-4H3;1-5H;2*1H;/q-1;;-1;;;+2/p-2. The summed E-state index contributed by atoms with van der Waals surface area (Å²) in [7, 11) is 0. The molecule has 0 aliphatic heterocycles. The second kappa shape index (κ2) is 15.2. The quantitative estimate of drug-likeness (QED) is 0.239. The van der Waals surface area contributed by atoms with Crippen molar-refractivity contribution < 1.29 is 48.1 Å². The van der Waals surface area contributed by atoms with E-state index in [1.807, 2.05) is 30.3 Å². The van der Waals surface area contributed by atoms with Gasteiger partial charge >= 0.3 is 67.5 Å². The molecule has 0 aromatic heterocycles. The number of rotatable bonds is 2. The molecule has 36 heavy (non-hydrogen) atoms. The summed E-state index contributed by atoms with van der Waals surface area (Å²) < 4.78 is 0. The minimum Gasteiger partial charge on any atom is -1.00 e. The van der Waals surface area contributed by atoms with E-state index in [9.17, 15) is 0 Å². The molecule has 0 saturated carbocycles. The monoisotopic (exact) mass is 616 g/mol. The van der Waals surface area contributed by atoms with Crippen molar-refractivity contribution in [3.8, 4) is 11.1 Å². The first-order chi connectivity index (χ1) is 15.7. The maximum absolute atomic E-state index is 3.53. The van der Waals surface area contributed by atoms with E-state index in [1.165, 1.54) is 33.4 Å². The van der Waals surface area contributed by atoms with Crippen molar-refractivity contribution in [2.24, 2.45) is 0 Å². The Morgan fingerprint density at radius 3 is 1.69 bits per heavy atom. The molecule has 3 aromatic rings. The third kappa shape index (κ3) is 10.3. The van der Waals surface area contributed by atoms with E-state index >= 15 is 0 Å². The zero-order chi connectivity index (χ0) is 25.7. The molecule has 1 aliphatic rings. The van der Waals surface area contributed by atoms with Crippen LogP contribution < -0.4 is 24.8 Å². The molecule has 0 atom stereocenters. The molecule has 0 fully saturated rings. The van der Waals surface area contributed by atoms with E-state index in [2.05, 4.69) is 106 Å². The fourth-order valence-corrected chi connectivity index (χ4v) is 5.31. The Morgan fingerprint density at radius 1 is 0.806 bits per heavy atom. The minimum absolute atomic E-state index is 0. The van der Waals surface area contributed by atoms with Crippen molar-refractivity contribution in [3.63, 3.8) is 0 Å². The van der Waals surface area contributed by atoms with Crippen molar-refractivity contribution >= 4 is 5.43 Å². The summed E-state index contributed by atoms with van der Waals surface area (Å²) >= 11 is 1.80. The first kappa shape index (κ1) is 35.5. The first-order valence-electron chi connectivity index (χ1n) is 12.7. The molecule has 196 valence electrons.